The fourth-order valence-corrected chi connectivity index (χ4v) is 2.94. The number of thiophene rings is 1. The fourth-order valence-electron chi connectivity index (χ4n) is 1.69. The van der Waals surface area contributed by atoms with Gasteiger partial charge in [-0.15, -0.1) is 22.9 Å². The van der Waals surface area contributed by atoms with Crippen LogP contribution in [0, 0.1) is 5.92 Å². The molecule has 1 aromatic rings. The molecule has 0 saturated heterocycles. The van der Waals surface area contributed by atoms with Crippen molar-refractivity contribution in [1.29, 1.82) is 0 Å². The molecule has 0 fully saturated rings. The normalized spacial score (nSPS) is 19.5. The highest BCUT2D eigenvalue weighted by atomic mass is 35.5. The van der Waals surface area contributed by atoms with E-state index in [-0.39, 0.29) is 5.38 Å². The third-order valence-electron chi connectivity index (χ3n) is 2.48. The minimum Gasteiger partial charge on any atom is -0.447 e. The van der Waals surface area contributed by atoms with Crippen molar-refractivity contribution in [3.63, 3.8) is 0 Å². The summed E-state index contributed by atoms with van der Waals surface area (Å²) in [6.07, 6.45) is 7.92. The van der Waals surface area contributed by atoms with Crippen molar-refractivity contribution >= 4 is 22.9 Å². The topological polar surface area (TPSA) is 9.23 Å². The van der Waals surface area contributed by atoms with Crippen molar-refractivity contribution in [1.82, 2.24) is 0 Å². The van der Waals surface area contributed by atoms with Crippen molar-refractivity contribution < 1.29 is 4.74 Å². The average Bonchev–Trinajstić information content (AvgIpc) is 2.68. The number of allylic oxidation sites excluding steroid dienone is 3. The van der Waals surface area contributed by atoms with Crippen LogP contribution in [0.15, 0.2) is 36.1 Å². The van der Waals surface area contributed by atoms with Gasteiger partial charge in [-0.3, -0.25) is 0 Å². The first-order valence-corrected chi connectivity index (χ1v) is 7.18. The minimum absolute atomic E-state index is 0.113. The zero-order valence-electron chi connectivity index (χ0n) is 10.2. The van der Waals surface area contributed by atoms with Crippen LogP contribution in [0.25, 0.3) is 0 Å². The van der Waals surface area contributed by atoms with Gasteiger partial charge < -0.3 is 4.74 Å². The van der Waals surface area contributed by atoms with Crippen LogP contribution >= 0.6 is 22.9 Å². The highest BCUT2D eigenvalue weighted by Crippen LogP contribution is 2.29. The maximum atomic E-state index is 5.96. The van der Waals surface area contributed by atoms with Crippen molar-refractivity contribution in [2.75, 3.05) is 0 Å². The zero-order valence-corrected chi connectivity index (χ0v) is 11.7. The van der Waals surface area contributed by atoms with Gasteiger partial charge in [-0.25, -0.2) is 0 Å². The average molecular weight is 269 g/mol. The number of ether oxygens (including phenoxy) is 1. The van der Waals surface area contributed by atoms with Gasteiger partial charge in [0.05, 0.1) is 5.38 Å². The summed E-state index contributed by atoms with van der Waals surface area (Å²) in [4.78, 5) is 1.38. The molecule has 0 radical (unpaired) electrons. The maximum Gasteiger partial charge on any atom is 0.181 e. The predicted octanol–water partition coefficient (Wildman–Crippen LogP) is 4.78. The Morgan fingerprint density at radius 1 is 1.47 bits per heavy atom. The Labute approximate surface area is 112 Å². The van der Waals surface area contributed by atoms with Gasteiger partial charge in [-0.05, 0) is 43.0 Å². The summed E-state index contributed by atoms with van der Waals surface area (Å²) in [5.41, 5.74) is 0. The van der Waals surface area contributed by atoms with E-state index in [0.717, 1.165) is 23.7 Å². The van der Waals surface area contributed by atoms with Crippen LogP contribution < -0.4 is 4.74 Å². The standard InChI is InChI=1S/C14H17ClOS/c1-10(2)9-13-7-8-14(17-13)16-12-5-3-11(15)4-6-12/h3,5-8,10-11H,4,9H2,1-2H3. The minimum atomic E-state index is 0.113. The summed E-state index contributed by atoms with van der Waals surface area (Å²) in [5, 5.41) is 1.08. The molecule has 0 saturated carbocycles. The van der Waals surface area contributed by atoms with Gasteiger partial charge in [0.2, 0.25) is 0 Å². The molecule has 1 unspecified atom stereocenters. The van der Waals surface area contributed by atoms with E-state index in [1.807, 2.05) is 24.3 Å². The molecule has 2 rings (SSSR count). The summed E-state index contributed by atoms with van der Waals surface area (Å²) in [6.45, 7) is 4.46. The van der Waals surface area contributed by atoms with E-state index < -0.39 is 0 Å². The molecular weight excluding hydrogens is 252 g/mol. The first-order valence-electron chi connectivity index (χ1n) is 5.92. The van der Waals surface area contributed by atoms with Gasteiger partial charge in [0.1, 0.15) is 5.76 Å². The van der Waals surface area contributed by atoms with Crippen LogP contribution in [0.5, 0.6) is 5.06 Å². The van der Waals surface area contributed by atoms with E-state index in [1.165, 1.54) is 4.88 Å². The molecule has 0 aliphatic heterocycles. The molecule has 1 aliphatic rings. The van der Waals surface area contributed by atoms with E-state index in [4.69, 9.17) is 16.3 Å². The molecule has 1 aliphatic carbocycles. The zero-order chi connectivity index (χ0) is 12.3. The summed E-state index contributed by atoms with van der Waals surface area (Å²) in [6, 6.07) is 4.20. The predicted molar refractivity (Wildman–Crippen MR) is 75.0 cm³/mol. The Kier molecular flexibility index (Phi) is 4.30. The second-order valence-corrected chi connectivity index (χ2v) is 6.33. The molecule has 1 nitrogen and oxygen atoms in total. The van der Waals surface area contributed by atoms with Crippen LogP contribution in [0.3, 0.4) is 0 Å². The number of hydrogen-bond acceptors (Lipinski definition) is 2. The molecular formula is C14H17ClOS. The van der Waals surface area contributed by atoms with E-state index >= 15 is 0 Å². The van der Waals surface area contributed by atoms with Crippen molar-refractivity contribution in [2.24, 2.45) is 5.92 Å². The van der Waals surface area contributed by atoms with Gasteiger partial charge in [-0.1, -0.05) is 19.9 Å². The number of alkyl halides is 1. The Balaban J connectivity index is 1.95. The van der Waals surface area contributed by atoms with Crippen molar-refractivity contribution in [3.05, 3.63) is 41.0 Å². The lowest BCUT2D eigenvalue weighted by atomic mass is 10.1. The molecule has 0 spiro atoms. The highest BCUT2D eigenvalue weighted by Gasteiger charge is 2.08. The third-order valence-corrected chi connectivity index (χ3v) is 3.79. The van der Waals surface area contributed by atoms with Crippen molar-refractivity contribution in [2.45, 2.75) is 32.1 Å². The summed E-state index contributed by atoms with van der Waals surface area (Å²) in [5.74, 6) is 1.59. The lowest BCUT2D eigenvalue weighted by Crippen LogP contribution is -2.01. The summed E-state index contributed by atoms with van der Waals surface area (Å²) in [7, 11) is 0. The molecule has 17 heavy (non-hydrogen) atoms. The van der Waals surface area contributed by atoms with Gasteiger partial charge >= 0.3 is 0 Å². The number of rotatable bonds is 4. The van der Waals surface area contributed by atoms with Gasteiger partial charge in [0.25, 0.3) is 0 Å². The SMILES string of the molecule is CC(C)Cc1ccc(OC2=CCC(Cl)C=C2)s1. The van der Waals surface area contributed by atoms with Gasteiger partial charge in [-0.2, -0.15) is 0 Å². The Bertz CT molecular complexity index is 431. The van der Waals surface area contributed by atoms with Crippen LogP contribution in [0.1, 0.15) is 25.1 Å². The quantitative estimate of drug-likeness (QED) is 0.715. The monoisotopic (exact) mass is 268 g/mol. The van der Waals surface area contributed by atoms with Crippen LogP contribution in [0.4, 0.5) is 0 Å². The molecule has 1 atom stereocenters. The van der Waals surface area contributed by atoms with Gasteiger partial charge in [0.15, 0.2) is 5.06 Å². The largest absolute Gasteiger partial charge is 0.447 e. The summed E-state index contributed by atoms with van der Waals surface area (Å²) >= 11 is 7.69. The first kappa shape index (κ1) is 12.7. The van der Waals surface area contributed by atoms with E-state index in [9.17, 15) is 0 Å². The molecule has 1 aromatic heterocycles. The summed E-state index contributed by atoms with van der Waals surface area (Å²) < 4.78 is 5.80. The fraction of sp³-hybridized carbons (Fsp3) is 0.429. The Hall–Kier alpha value is -0.730. The number of halogens is 1. The molecule has 0 aromatic carbocycles. The molecule has 0 bridgehead atoms. The van der Waals surface area contributed by atoms with Crippen LogP contribution in [0.2, 0.25) is 0 Å². The lowest BCUT2D eigenvalue weighted by Gasteiger charge is -2.10. The molecule has 0 amide bonds. The number of hydrogen-bond donors (Lipinski definition) is 0. The molecule has 92 valence electrons. The Morgan fingerprint density at radius 2 is 2.29 bits per heavy atom. The first-order chi connectivity index (χ1) is 8.13. The van der Waals surface area contributed by atoms with Crippen LogP contribution in [-0.4, -0.2) is 5.38 Å². The van der Waals surface area contributed by atoms with E-state index in [1.54, 1.807) is 11.3 Å². The second-order valence-electron chi connectivity index (χ2n) is 4.64. The van der Waals surface area contributed by atoms with E-state index in [0.29, 0.717) is 5.92 Å². The molecule has 1 heterocycles. The van der Waals surface area contributed by atoms with Crippen molar-refractivity contribution in [3.8, 4) is 5.06 Å². The van der Waals surface area contributed by atoms with E-state index in [2.05, 4.69) is 19.9 Å². The molecule has 3 heteroatoms. The second kappa shape index (κ2) is 5.74. The highest BCUT2D eigenvalue weighted by molar-refractivity contribution is 7.13. The maximum absolute atomic E-state index is 5.96. The Morgan fingerprint density at radius 3 is 2.94 bits per heavy atom. The van der Waals surface area contributed by atoms with Gasteiger partial charge in [0, 0.05) is 4.88 Å². The lowest BCUT2D eigenvalue weighted by molar-refractivity contribution is 0.452. The smallest absolute Gasteiger partial charge is 0.181 e. The van der Waals surface area contributed by atoms with Crippen LogP contribution in [-0.2, 0) is 6.42 Å². The third kappa shape index (κ3) is 3.90. The molecule has 0 N–H and O–H groups in total.